The smallest absolute Gasteiger partial charge is 0.272 e. The van der Waals surface area contributed by atoms with Crippen molar-refractivity contribution in [3.63, 3.8) is 0 Å². The van der Waals surface area contributed by atoms with Crippen LogP contribution >= 0.6 is 11.6 Å². The van der Waals surface area contributed by atoms with Crippen molar-refractivity contribution in [1.29, 1.82) is 0 Å². The number of halogens is 1. The number of nitrogens with zero attached hydrogens (tertiary/aromatic N) is 3. The lowest BCUT2D eigenvalue weighted by Gasteiger charge is -2.27. The van der Waals surface area contributed by atoms with E-state index < -0.39 is 0 Å². The summed E-state index contributed by atoms with van der Waals surface area (Å²) in [5.41, 5.74) is 2.98. The zero-order valence-electron chi connectivity index (χ0n) is 17.4. The van der Waals surface area contributed by atoms with E-state index in [2.05, 4.69) is 22.5 Å². The summed E-state index contributed by atoms with van der Waals surface area (Å²) >= 11 is 5.94. The van der Waals surface area contributed by atoms with Gasteiger partial charge in [-0.05, 0) is 43.0 Å². The van der Waals surface area contributed by atoms with Gasteiger partial charge < -0.3 is 10.2 Å². The molecule has 3 aromatic rings. The van der Waals surface area contributed by atoms with Gasteiger partial charge in [-0.2, -0.15) is 5.10 Å². The third kappa shape index (κ3) is 5.14. The quantitative estimate of drug-likeness (QED) is 0.610. The predicted molar refractivity (Wildman–Crippen MR) is 120 cm³/mol. The van der Waals surface area contributed by atoms with Gasteiger partial charge in [0.1, 0.15) is 5.69 Å². The number of rotatable bonds is 7. The summed E-state index contributed by atoms with van der Waals surface area (Å²) in [6.45, 7) is 3.59. The van der Waals surface area contributed by atoms with E-state index in [0.29, 0.717) is 30.4 Å². The molecule has 1 aliphatic heterocycles. The van der Waals surface area contributed by atoms with Crippen molar-refractivity contribution in [3.8, 4) is 0 Å². The molecule has 2 aromatic carbocycles. The molecule has 0 saturated heterocycles. The average molecular weight is 437 g/mol. The van der Waals surface area contributed by atoms with Crippen LogP contribution in [0.4, 0.5) is 0 Å². The third-order valence-corrected chi connectivity index (χ3v) is 5.73. The van der Waals surface area contributed by atoms with Crippen LogP contribution in [0.25, 0.3) is 0 Å². The van der Waals surface area contributed by atoms with Crippen LogP contribution in [0.3, 0.4) is 0 Å². The van der Waals surface area contributed by atoms with E-state index in [-0.39, 0.29) is 23.6 Å². The molecule has 1 atom stereocenters. The van der Waals surface area contributed by atoms with Gasteiger partial charge >= 0.3 is 0 Å². The van der Waals surface area contributed by atoms with E-state index in [1.807, 2.05) is 49.4 Å². The molecule has 31 heavy (non-hydrogen) atoms. The molecule has 4 rings (SSSR count). The highest BCUT2D eigenvalue weighted by Gasteiger charge is 2.28. The van der Waals surface area contributed by atoms with Crippen molar-refractivity contribution in [3.05, 3.63) is 88.2 Å². The molecule has 2 heterocycles. The van der Waals surface area contributed by atoms with Crippen LogP contribution in [-0.2, 0) is 19.5 Å². The number of carbonyl (C=O) groups is 2. The Labute approximate surface area is 186 Å². The minimum atomic E-state index is -0.250. The van der Waals surface area contributed by atoms with Crippen LogP contribution < -0.4 is 5.32 Å². The fraction of sp³-hybridized carbons (Fsp3) is 0.292. The largest absolute Gasteiger partial charge is 0.348 e. The number of carbonyl (C=O) groups excluding carboxylic acids is 2. The highest BCUT2D eigenvalue weighted by Crippen LogP contribution is 2.18. The van der Waals surface area contributed by atoms with Gasteiger partial charge in [0.15, 0.2) is 5.69 Å². The number of aromatic nitrogens is 2. The zero-order valence-corrected chi connectivity index (χ0v) is 18.2. The minimum absolute atomic E-state index is 0.00328. The molecule has 0 bridgehead atoms. The summed E-state index contributed by atoms with van der Waals surface area (Å²) in [6, 6.07) is 19.2. The first kappa shape index (κ1) is 21.1. The maximum atomic E-state index is 12.9. The Morgan fingerprint density at radius 1 is 1.10 bits per heavy atom. The van der Waals surface area contributed by atoms with E-state index in [1.165, 1.54) is 5.56 Å². The summed E-state index contributed by atoms with van der Waals surface area (Å²) in [5, 5.41) is 8.03. The molecule has 0 aliphatic carbocycles. The van der Waals surface area contributed by atoms with Crippen LogP contribution in [0.5, 0.6) is 0 Å². The number of benzene rings is 2. The maximum Gasteiger partial charge on any atom is 0.272 e. The minimum Gasteiger partial charge on any atom is -0.348 e. The lowest BCUT2D eigenvalue weighted by Crippen LogP contribution is -2.39. The molecule has 0 spiro atoms. The van der Waals surface area contributed by atoms with Crippen molar-refractivity contribution in [2.45, 2.75) is 38.9 Å². The van der Waals surface area contributed by atoms with Gasteiger partial charge in [0, 0.05) is 30.2 Å². The second-order valence-electron chi connectivity index (χ2n) is 7.89. The van der Waals surface area contributed by atoms with Crippen LogP contribution in [0.2, 0.25) is 5.02 Å². The first-order chi connectivity index (χ1) is 15.0. The number of hydrogen-bond acceptors (Lipinski definition) is 3. The summed E-state index contributed by atoms with van der Waals surface area (Å²) < 4.78 is 1.63. The lowest BCUT2D eigenvalue weighted by atomic mass is 10.1. The highest BCUT2D eigenvalue weighted by molar-refractivity contribution is 6.30. The Kier molecular flexibility index (Phi) is 6.37. The zero-order chi connectivity index (χ0) is 21.8. The predicted octanol–water partition coefficient (Wildman–Crippen LogP) is 3.94. The molecule has 7 heteroatoms. The molecule has 6 nitrogen and oxygen atoms in total. The van der Waals surface area contributed by atoms with Gasteiger partial charge in [-0.3, -0.25) is 14.3 Å². The Bertz CT molecular complexity index is 1060. The Hall–Kier alpha value is -3.12. The van der Waals surface area contributed by atoms with Crippen LogP contribution in [0, 0.1) is 0 Å². The standard InChI is InChI=1S/C24H25ClN4O2/c1-17(7-8-18-5-3-2-4-6-18)26-23(30)21-15-22-24(31)28(13-14-29(22)27-21)16-19-9-11-20(25)12-10-19/h2-6,9-12,15,17H,7-8,13-14,16H2,1H3,(H,26,30). The van der Waals surface area contributed by atoms with Crippen molar-refractivity contribution < 1.29 is 9.59 Å². The number of nitrogens with one attached hydrogen (secondary N) is 1. The van der Waals surface area contributed by atoms with Gasteiger partial charge in [0.05, 0.1) is 6.54 Å². The van der Waals surface area contributed by atoms with Crippen LogP contribution in [0.1, 0.15) is 45.4 Å². The summed E-state index contributed by atoms with van der Waals surface area (Å²) in [7, 11) is 0. The monoisotopic (exact) mass is 436 g/mol. The summed E-state index contributed by atoms with van der Waals surface area (Å²) in [6.07, 6.45) is 1.72. The lowest BCUT2D eigenvalue weighted by molar-refractivity contribution is 0.0683. The van der Waals surface area contributed by atoms with Crippen LogP contribution in [0.15, 0.2) is 60.7 Å². The molecule has 1 aromatic heterocycles. The molecule has 0 fully saturated rings. The van der Waals surface area contributed by atoms with Gasteiger partial charge in [-0.25, -0.2) is 0 Å². The van der Waals surface area contributed by atoms with Crippen molar-refractivity contribution in [2.75, 3.05) is 6.54 Å². The van der Waals surface area contributed by atoms with E-state index in [0.717, 1.165) is 18.4 Å². The van der Waals surface area contributed by atoms with E-state index in [9.17, 15) is 9.59 Å². The third-order valence-electron chi connectivity index (χ3n) is 5.47. The Morgan fingerprint density at radius 2 is 1.84 bits per heavy atom. The van der Waals surface area contributed by atoms with Crippen LogP contribution in [-0.4, -0.2) is 39.1 Å². The molecule has 2 amide bonds. The van der Waals surface area contributed by atoms with Crippen molar-refractivity contribution >= 4 is 23.4 Å². The van der Waals surface area contributed by atoms with Crippen molar-refractivity contribution in [2.24, 2.45) is 0 Å². The van der Waals surface area contributed by atoms with Gasteiger partial charge in [-0.1, -0.05) is 54.1 Å². The van der Waals surface area contributed by atoms with Crippen molar-refractivity contribution in [1.82, 2.24) is 20.0 Å². The van der Waals surface area contributed by atoms with E-state index in [4.69, 9.17) is 11.6 Å². The fourth-order valence-electron chi connectivity index (χ4n) is 3.71. The number of aryl methyl sites for hydroxylation is 1. The molecule has 1 aliphatic rings. The van der Waals surface area contributed by atoms with E-state index >= 15 is 0 Å². The number of amides is 2. The summed E-state index contributed by atoms with van der Waals surface area (Å²) in [5.74, 6) is -0.371. The molecule has 0 saturated carbocycles. The molecule has 1 unspecified atom stereocenters. The second kappa shape index (κ2) is 9.35. The normalized spacial score (nSPS) is 14.3. The summed E-state index contributed by atoms with van der Waals surface area (Å²) in [4.78, 5) is 27.4. The fourth-order valence-corrected chi connectivity index (χ4v) is 3.83. The van der Waals surface area contributed by atoms with E-state index in [1.54, 1.807) is 15.6 Å². The molecular weight excluding hydrogens is 412 g/mol. The highest BCUT2D eigenvalue weighted by atomic mass is 35.5. The second-order valence-corrected chi connectivity index (χ2v) is 8.33. The maximum absolute atomic E-state index is 12.9. The molecule has 0 radical (unpaired) electrons. The number of hydrogen-bond donors (Lipinski definition) is 1. The van der Waals surface area contributed by atoms with Gasteiger partial charge in [-0.15, -0.1) is 0 Å². The average Bonchev–Trinajstić information content (AvgIpc) is 3.22. The Balaban J connectivity index is 1.36. The van der Waals surface area contributed by atoms with Gasteiger partial charge in [0.25, 0.3) is 11.8 Å². The molecular formula is C24H25ClN4O2. The number of fused-ring (bicyclic) bond motifs is 1. The van der Waals surface area contributed by atoms with Gasteiger partial charge in [0.2, 0.25) is 0 Å². The topological polar surface area (TPSA) is 67.2 Å². The molecule has 1 N–H and O–H groups in total. The SMILES string of the molecule is CC(CCc1ccccc1)NC(=O)c1cc2n(n1)CCN(Cc1ccc(Cl)cc1)C2=O. The first-order valence-corrected chi connectivity index (χ1v) is 10.8. The first-order valence-electron chi connectivity index (χ1n) is 10.5. The Morgan fingerprint density at radius 3 is 2.58 bits per heavy atom. The molecule has 160 valence electrons.